The molecule has 1 aliphatic heterocycles. The second-order valence-electron chi connectivity index (χ2n) is 6.09. The van der Waals surface area contributed by atoms with Crippen molar-refractivity contribution in [3.05, 3.63) is 24.5 Å². The SMILES string of the molecule is CC1(C)OB(c2cn(S(=O)[O-])c3ncccc23)OC1(C)C. The summed E-state index contributed by atoms with van der Waals surface area (Å²) in [7, 11) is -0.619. The van der Waals surface area contributed by atoms with Gasteiger partial charge in [-0.05, 0) is 39.8 Å². The fraction of sp³-hybridized carbons (Fsp3) is 0.462. The maximum atomic E-state index is 11.3. The van der Waals surface area contributed by atoms with Crippen LogP contribution in [0.5, 0.6) is 0 Å². The van der Waals surface area contributed by atoms with Crippen molar-refractivity contribution in [3.8, 4) is 0 Å². The molecule has 0 saturated carbocycles. The summed E-state index contributed by atoms with van der Waals surface area (Å²) in [5.74, 6) is 0. The van der Waals surface area contributed by atoms with Crippen LogP contribution in [0.15, 0.2) is 24.5 Å². The first kappa shape index (κ1) is 14.7. The summed E-state index contributed by atoms with van der Waals surface area (Å²) in [6.07, 6.45) is 3.06. The van der Waals surface area contributed by atoms with E-state index in [9.17, 15) is 8.76 Å². The Kier molecular flexibility index (Phi) is 3.25. The lowest BCUT2D eigenvalue weighted by Crippen LogP contribution is -2.41. The molecule has 0 spiro atoms. The zero-order valence-electron chi connectivity index (χ0n) is 12.3. The third-order valence-electron chi connectivity index (χ3n) is 4.23. The molecule has 0 radical (unpaired) electrons. The number of rotatable bonds is 2. The molecule has 2 aromatic heterocycles. The second-order valence-corrected chi connectivity index (χ2v) is 6.92. The quantitative estimate of drug-likeness (QED) is 0.610. The van der Waals surface area contributed by atoms with Crippen LogP contribution in [0.1, 0.15) is 27.7 Å². The van der Waals surface area contributed by atoms with Crippen molar-refractivity contribution in [3.63, 3.8) is 0 Å². The number of pyridine rings is 1. The Labute approximate surface area is 126 Å². The third-order valence-corrected chi connectivity index (χ3v) is 4.83. The Hall–Kier alpha value is -1.22. The molecular formula is C13H16BN2O4S-. The normalized spacial score (nSPS) is 21.9. The summed E-state index contributed by atoms with van der Waals surface area (Å²) in [5, 5.41) is 0.709. The zero-order chi connectivity index (χ0) is 15.4. The Bertz CT molecular complexity index is 712. The summed E-state index contributed by atoms with van der Waals surface area (Å²) in [6, 6.07) is 3.57. The summed E-state index contributed by atoms with van der Waals surface area (Å²) in [4.78, 5) is 4.13. The predicted octanol–water partition coefficient (Wildman–Crippen LogP) is 0.978. The molecule has 0 amide bonds. The first-order valence-corrected chi connectivity index (χ1v) is 7.67. The average Bonchev–Trinajstić information content (AvgIpc) is 2.85. The molecule has 0 aliphatic carbocycles. The van der Waals surface area contributed by atoms with Gasteiger partial charge in [-0.25, -0.2) is 4.98 Å². The molecule has 8 heteroatoms. The molecular weight excluding hydrogens is 291 g/mol. The van der Waals surface area contributed by atoms with Crippen LogP contribution in [0.2, 0.25) is 0 Å². The number of nitrogens with zero attached hydrogens (tertiary/aromatic N) is 2. The fourth-order valence-electron chi connectivity index (χ4n) is 2.33. The highest BCUT2D eigenvalue weighted by atomic mass is 32.2. The Morgan fingerprint density at radius 3 is 2.48 bits per heavy atom. The van der Waals surface area contributed by atoms with Gasteiger partial charge in [-0.2, -0.15) is 0 Å². The smallest absolute Gasteiger partial charge is 0.497 e. The predicted molar refractivity (Wildman–Crippen MR) is 79.8 cm³/mol. The van der Waals surface area contributed by atoms with Crippen LogP contribution in [-0.4, -0.2) is 36.0 Å². The molecule has 0 aromatic carbocycles. The number of hydrogen-bond donors (Lipinski definition) is 0. The van der Waals surface area contributed by atoms with Gasteiger partial charge in [0.05, 0.1) is 22.5 Å². The number of fused-ring (bicyclic) bond motifs is 1. The van der Waals surface area contributed by atoms with E-state index < -0.39 is 29.6 Å². The van der Waals surface area contributed by atoms with Crippen molar-refractivity contribution in [1.29, 1.82) is 0 Å². The lowest BCUT2D eigenvalue weighted by molar-refractivity contribution is 0.00578. The first-order valence-electron chi connectivity index (χ1n) is 6.64. The van der Waals surface area contributed by atoms with Gasteiger partial charge in [0.15, 0.2) is 5.65 Å². The highest BCUT2D eigenvalue weighted by Gasteiger charge is 2.52. The average molecular weight is 307 g/mol. The zero-order valence-corrected chi connectivity index (χ0v) is 13.1. The van der Waals surface area contributed by atoms with Crippen molar-refractivity contribution in [1.82, 2.24) is 8.96 Å². The topological polar surface area (TPSA) is 76.4 Å². The van der Waals surface area contributed by atoms with Crippen LogP contribution in [-0.2, 0) is 20.6 Å². The Morgan fingerprint density at radius 2 is 1.90 bits per heavy atom. The monoisotopic (exact) mass is 307 g/mol. The molecule has 3 heterocycles. The van der Waals surface area contributed by atoms with Crippen LogP contribution in [0, 0.1) is 0 Å². The molecule has 0 N–H and O–H groups in total. The molecule has 1 saturated heterocycles. The van der Waals surface area contributed by atoms with Gasteiger partial charge < -0.3 is 13.9 Å². The molecule has 21 heavy (non-hydrogen) atoms. The second kappa shape index (κ2) is 4.64. The van der Waals surface area contributed by atoms with Crippen LogP contribution in [0.25, 0.3) is 11.0 Å². The maximum Gasteiger partial charge on any atom is 0.497 e. The summed E-state index contributed by atoms with van der Waals surface area (Å²) >= 11 is -2.43. The molecule has 6 nitrogen and oxygen atoms in total. The lowest BCUT2D eigenvalue weighted by Gasteiger charge is -2.32. The van der Waals surface area contributed by atoms with E-state index in [2.05, 4.69) is 4.98 Å². The van der Waals surface area contributed by atoms with Gasteiger partial charge in [0.1, 0.15) is 0 Å². The van der Waals surface area contributed by atoms with E-state index in [0.717, 1.165) is 3.97 Å². The van der Waals surface area contributed by atoms with Gasteiger partial charge in [0.25, 0.3) is 0 Å². The molecule has 1 aliphatic rings. The van der Waals surface area contributed by atoms with Crippen molar-refractivity contribution in [2.45, 2.75) is 38.9 Å². The van der Waals surface area contributed by atoms with E-state index in [1.807, 2.05) is 33.8 Å². The summed E-state index contributed by atoms with van der Waals surface area (Å²) < 4.78 is 35.7. The van der Waals surface area contributed by atoms with Gasteiger partial charge in [-0.15, -0.1) is 0 Å². The molecule has 1 fully saturated rings. The van der Waals surface area contributed by atoms with E-state index in [1.54, 1.807) is 12.3 Å². The molecule has 1 unspecified atom stereocenters. The molecule has 3 rings (SSSR count). The van der Waals surface area contributed by atoms with E-state index >= 15 is 0 Å². The summed E-state index contributed by atoms with van der Waals surface area (Å²) in [6.45, 7) is 7.82. The lowest BCUT2D eigenvalue weighted by atomic mass is 9.79. The minimum Gasteiger partial charge on any atom is -0.755 e. The minimum absolute atomic E-state index is 0.371. The van der Waals surface area contributed by atoms with E-state index in [-0.39, 0.29) is 0 Å². The number of aromatic nitrogens is 2. The maximum absolute atomic E-state index is 11.3. The third kappa shape index (κ3) is 2.22. The molecule has 0 bridgehead atoms. The standard InChI is InChI=1S/C13H17BN2O4S/c1-12(2)13(3,4)20-14(19-12)10-8-16(21(17)18)11-9(10)6-5-7-15-11/h5-8H,1-4H3,(H,17,18)/p-1. The van der Waals surface area contributed by atoms with E-state index in [1.165, 1.54) is 6.20 Å². The highest BCUT2D eigenvalue weighted by Crippen LogP contribution is 2.37. The molecule has 112 valence electrons. The van der Waals surface area contributed by atoms with Gasteiger partial charge in [-0.1, -0.05) is 0 Å². The van der Waals surface area contributed by atoms with Crippen LogP contribution in [0.3, 0.4) is 0 Å². The van der Waals surface area contributed by atoms with Crippen molar-refractivity contribution in [2.75, 3.05) is 0 Å². The molecule has 2 aromatic rings. The highest BCUT2D eigenvalue weighted by molar-refractivity contribution is 7.77. The Balaban J connectivity index is 2.13. The largest absolute Gasteiger partial charge is 0.755 e. The van der Waals surface area contributed by atoms with Crippen LogP contribution in [0.4, 0.5) is 0 Å². The minimum atomic E-state index is -2.43. The van der Waals surface area contributed by atoms with Crippen molar-refractivity contribution in [2.24, 2.45) is 0 Å². The van der Waals surface area contributed by atoms with Gasteiger partial charge in [0.2, 0.25) is 0 Å². The molecule has 1 atom stereocenters. The van der Waals surface area contributed by atoms with Gasteiger partial charge in [-0.3, -0.25) is 8.18 Å². The van der Waals surface area contributed by atoms with Gasteiger partial charge in [0, 0.05) is 23.2 Å². The van der Waals surface area contributed by atoms with Crippen molar-refractivity contribution >= 4 is 34.9 Å². The van der Waals surface area contributed by atoms with Gasteiger partial charge >= 0.3 is 7.12 Å². The summed E-state index contributed by atoms with van der Waals surface area (Å²) in [5.41, 5.74) is 0.0760. The fourth-order valence-corrected chi connectivity index (χ4v) is 2.81. The van der Waals surface area contributed by atoms with Crippen LogP contribution < -0.4 is 5.46 Å². The van der Waals surface area contributed by atoms with E-state index in [0.29, 0.717) is 16.5 Å². The van der Waals surface area contributed by atoms with Crippen LogP contribution >= 0.6 is 0 Å². The Morgan fingerprint density at radius 1 is 1.29 bits per heavy atom. The first-order chi connectivity index (χ1) is 9.73. The number of hydrogen-bond acceptors (Lipinski definition) is 5. The van der Waals surface area contributed by atoms with E-state index in [4.69, 9.17) is 9.31 Å². The van der Waals surface area contributed by atoms with Crippen molar-refractivity contribution < 1.29 is 18.1 Å².